The number of hydrogen-bond donors (Lipinski definition) is 1. The van der Waals surface area contributed by atoms with Crippen LogP contribution in [0.25, 0.3) is 0 Å². The molecule has 0 aliphatic carbocycles. The lowest BCUT2D eigenvalue weighted by atomic mass is 10.1. The Morgan fingerprint density at radius 3 is 3.17 bits per heavy atom. The Labute approximate surface area is 137 Å². The number of rotatable bonds is 6. The van der Waals surface area contributed by atoms with Crippen LogP contribution < -0.4 is 5.32 Å². The fraction of sp³-hybridized carbons (Fsp3) is 0.615. The van der Waals surface area contributed by atoms with Crippen molar-refractivity contribution in [1.29, 1.82) is 0 Å². The maximum absolute atomic E-state index is 11.9. The van der Waals surface area contributed by atoms with E-state index in [2.05, 4.69) is 25.9 Å². The number of carbonyl (C=O) groups excluding carboxylic acids is 1. The second kappa shape index (κ2) is 7.55. The standard InChI is InChI=1S/C13H19N7O2S/c1-19-13(16-17-18-19)23-9-12(21)15-10-6-14-20(7-10)8-11-4-2-3-5-22-11/h6-7,11H,2-5,8-9H2,1H3,(H,15,21)/t11-/m0/s1. The van der Waals surface area contributed by atoms with E-state index in [1.807, 2.05) is 10.9 Å². The minimum Gasteiger partial charge on any atom is -0.376 e. The normalized spacial score (nSPS) is 18.0. The lowest BCUT2D eigenvalue weighted by Gasteiger charge is -2.22. The summed E-state index contributed by atoms with van der Waals surface area (Å²) in [6, 6.07) is 0. The topological polar surface area (TPSA) is 99.8 Å². The molecule has 1 saturated heterocycles. The Kier molecular flexibility index (Phi) is 5.23. The summed E-state index contributed by atoms with van der Waals surface area (Å²) in [4.78, 5) is 11.9. The molecule has 1 N–H and O–H groups in total. The third-order valence-corrected chi connectivity index (χ3v) is 4.51. The third kappa shape index (κ3) is 4.52. The average molecular weight is 337 g/mol. The molecule has 0 unspecified atom stereocenters. The number of nitrogens with zero attached hydrogens (tertiary/aromatic N) is 6. The summed E-state index contributed by atoms with van der Waals surface area (Å²) in [6.07, 6.45) is 7.08. The van der Waals surface area contributed by atoms with Crippen molar-refractivity contribution >= 4 is 23.4 Å². The van der Waals surface area contributed by atoms with Gasteiger partial charge in [-0.1, -0.05) is 11.8 Å². The second-order valence-corrected chi connectivity index (χ2v) is 6.30. The van der Waals surface area contributed by atoms with Gasteiger partial charge in [0.15, 0.2) is 0 Å². The van der Waals surface area contributed by atoms with E-state index in [4.69, 9.17) is 4.74 Å². The first-order valence-corrected chi connectivity index (χ1v) is 8.48. The van der Waals surface area contributed by atoms with Gasteiger partial charge in [-0.25, -0.2) is 4.68 Å². The largest absolute Gasteiger partial charge is 0.376 e. The molecule has 3 rings (SSSR count). The third-order valence-electron chi connectivity index (χ3n) is 3.50. The Morgan fingerprint density at radius 2 is 2.43 bits per heavy atom. The molecule has 2 aromatic heterocycles. The van der Waals surface area contributed by atoms with Crippen molar-refractivity contribution < 1.29 is 9.53 Å². The van der Waals surface area contributed by atoms with Crippen LogP contribution in [-0.2, 0) is 23.1 Å². The second-order valence-electron chi connectivity index (χ2n) is 5.36. The molecule has 0 bridgehead atoms. The Bertz CT molecular complexity index is 650. The lowest BCUT2D eigenvalue weighted by molar-refractivity contribution is -0.113. The summed E-state index contributed by atoms with van der Waals surface area (Å²) in [5.74, 6) is 0.122. The number of amides is 1. The van der Waals surface area contributed by atoms with Crippen molar-refractivity contribution in [2.75, 3.05) is 17.7 Å². The smallest absolute Gasteiger partial charge is 0.234 e. The highest BCUT2D eigenvalue weighted by Gasteiger charge is 2.15. The summed E-state index contributed by atoms with van der Waals surface area (Å²) in [7, 11) is 1.73. The predicted molar refractivity (Wildman–Crippen MR) is 84.0 cm³/mol. The zero-order valence-electron chi connectivity index (χ0n) is 12.9. The van der Waals surface area contributed by atoms with Crippen molar-refractivity contribution in [1.82, 2.24) is 30.0 Å². The number of hydrogen-bond acceptors (Lipinski definition) is 7. The van der Waals surface area contributed by atoms with Crippen molar-refractivity contribution in [2.45, 2.75) is 37.1 Å². The first-order valence-electron chi connectivity index (χ1n) is 7.50. The quantitative estimate of drug-likeness (QED) is 0.775. The molecule has 0 radical (unpaired) electrons. The number of aryl methyl sites for hydroxylation is 1. The van der Waals surface area contributed by atoms with Crippen molar-refractivity contribution in [2.24, 2.45) is 7.05 Å². The summed E-state index contributed by atoms with van der Waals surface area (Å²) >= 11 is 1.28. The number of aromatic nitrogens is 6. The zero-order valence-corrected chi connectivity index (χ0v) is 13.7. The maximum atomic E-state index is 11.9. The first-order chi connectivity index (χ1) is 11.2. The molecular formula is C13H19N7O2S. The van der Waals surface area contributed by atoms with Gasteiger partial charge in [-0.2, -0.15) is 5.10 Å². The van der Waals surface area contributed by atoms with E-state index in [0.717, 1.165) is 26.0 Å². The fourth-order valence-corrected chi connectivity index (χ4v) is 3.01. The molecule has 9 nitrogen and oxygen atoms in total. The van der Waals surface area contributed by atoms with Crippen molar-refractivity contribution in [3.8, 4) is 0 Å². The Balaban J connectivity index is 1.46. The highest BCUT2D eigenvalue weighted by Crippen LogP contribution is 2.16. The molecule has 0 saturated carbocycles. The fourth-order valence-electron chi connectivity index (χ4n) is 2.36. The average Bonchev–Trinajstić information content (AvgIpc) is 3.15. The zero-order chi connectivity index (χ0) is 16.1. The van der Waals surface area contributed by atoms with Crippen LogP contribution in [0.15, 0.2) is 17.6 Å². The Hall–Kier alpha value is -1.94. The number of anilines is 1. The van der Waals surface area contributed by atoms with Gasteiger partial charge in [0.05, 0.1) is 30.3 Å². The van der Waals surface area contributed by atoms with E-state index in [1.54, 1.807) is 13.2 Å². The molecule has 124 valence electrons. The molecule has 2 aromatic rings. The number of ether oxygens (including phenoxy) is 1. The van der Waals surface area contributed by atoms with Crippen LogP contribution in [0.2, 0.25) is 0 Å². The molecule has 1 atom stereocenters. The van der Waals surface area contributed by atoms with Crippen molar-refractivity contribution in [3.05, 3.63) is 12.4 Å². The number of thioether (sulfide) groups is 1. The minimum absolute atomic E-state index is 0.119. The van der Waals surface area contributed by atoms with E-state index in [-0.39, 0.29) is 17.8 Å². The van der Waals surface area contributed by atoms with Crippen LogP contribution in [0.5, 0.6) is 0 Å². The van der Waals surface area contributed by atoms with E-state index in [9.17, 15) is 4.79 Å². The molecule has 1 aliphatic heterocycles. The predicted octanol–water partition coefficient (Wildman–Crippen LogP) is 0.706. The lowest BCUT2D eigenvalue weighted by Crippen LogP contribution is -2.24. The van der Waals surface area contributed by atoms with Gasteiger partial charge >= 0.3 is 0 Å². The van der Waals surface area contributed by atoms with Gasteiger partial charge in [0.1, 0.15) is 0 Å². The summed E-state index contributed by atoms with van der Waals surface area (Å²) in [6.45, 7) is 1.54. The monoisotopic (exact) mass is 337 g/mol. The van der Waals surface area contributed by atoms with Gasteiger partial charge in [-0.15, -0.1) is 5.10 Å². The molecule has 0 spiro atoms. The van der Waals surface area contributed by atoms with Crippen LogP contribution in [-0.4, -0.2) is 54.4 Å². The molecule has 10 heteroatoms. The summed E-state index contributed by atoms with van der Waals surface area (Å²) in [5, 5.41) is 18.7. The van der Waals surface area contributed by atoms with Gasteiger partial charge in [-0.3, -0.25) is 9.48 Å². The highest BCUT2D eigenvalue weighted by molar-refractivity contribution is 7.99. The van der Waals surface area contributed by atoms with E-state index in [1.165, 1.54) is 22.9 Å². The minimum atomic E-state index is -0.119. The molecule has 0 aromatic carbocycles. The van der Waals surface area contributed by atoms with Gasteiger partial charge in [0.25, 0.3) is 0 Å². The molecule has 23 heavy (non-hydrogen) atoms. The summed E-state index contributed by atoms with van der Waals surface area (Å²) in [5.41, 5.74) is 0.683. The number of carbonyl (C=O) groups is 1. The van der Waals surface area contributed by atoms with Gasteiger partial charge in [0, 0.05) is 19.9 Å². The van der Waals surface area contributed by atoms with Gasteiger partial charge in [-0.05, 0) is 29.7 Å². The molecule has 1 aliphatic rings. The number of tetrazole rings is 1. The van der Waals surface area contributed by atoms with Gasteiger partial charge < -0.3 is 10.1 Å². The van der Waals surface area contributed by atoms with Crippen LogP contribution in [0.1, 0.15) is 19.3 Å². The summed E-state index contributed by atoms with van der Waals surface area (Å²) < 4.78 is 9.03. The molecule has 1 fully saturated rings. The highest BCUT2D eigenvalue weighted by atomic mass is 32.2. The van der Waals surface area contributed by atoms with Crippen LogP contribution >= 0.6 is 11.8 Å². The number of nitrogens with one attached hydrogen (secondary N) is 1. The van der Waals surface area contributed by atoms with Crippen LogP contribution in [0.4, 0.5) is 5.69 Å². The first kappa shape index (κ1) is 15.9. The van der Waals surface area contributed by atoms with E-state index >= 15 is 0 Å². The van der Waals surface area contributed by atoms with Crippen molar-refractivity contribution in [3.63, 3.8) is 0 Å². The Morgan fingerprint density at radius 1 is 1.52 bits per heavy atom. The van der Waals surface area contributed by atoms with Gasteiger partial charge in [0.2, 0.25) is 11.1 Å². The molecule has 3 heterocycles. The van der Waals surface area contributed by atoms with E-state index in [0.29, 0.717) is 10.8 Å². The van der Waals surface area contributed by atoms with Crippen LogP contribution in [0.3, 0.4) is 0 Å². The van der Waals surface area contributed by atoms with Crippen LogP contribution in [0, 0.1) is 0 Å². The molecule has 1 amide bonds. The SMILES string of the molecule is Cn1nnnc1SCC(=O)Nc1cnn(C[C@@H]2CCCCO2)c1. The molecular weight excluding hydrogens is 318 g/mol. The van der Waals surface area contributed by atoms with E-state index < -0.39 is 0 Å². The maximum Gasteiger partial charge on any atom is 0.234 e.